The second-order valence-corrected chi connectivity index (χ2v) is 5.45. The van der Waals surface area contributed by atoms with Gasteiger partial charge in [-0.15, -0.1) is 12.4 Å². The number of nitrogens with zero attached hydrogens (tertiary/aromatic N) is 1. The number of amides is 2. The van der Waals surface area contributed by atoms with Crippen LogP contribution < -0.4 is 10.6 Å². The van der Waals surface area contributed by atoms with Crippen molar-refractivity contribution < 1.29 is 9.59 Å². The average molecular weight is 338 g/mol. The number of benzene rings is 1. The molecule has 1 unspecified atom stereocenters. The molecule has 1 aromatic rings. The molecular weight excluding hydrogens is 314 g/mol. The van der Waals surface area contributed by atoms with Gasteiger partial charge < -0.3 is 15.5 Å². The number of hydrogen-bond acceptors (Lipinski definition) is 3. The van der Waals surface area contributed by atoms with Crippen molar-refractivity contribution in [3.05, 3.63) is 41.5 Å². The summed E-state index contributed by atoms with van der Waals surface area (Å²) in [6, 6.07) is 7.56. The molecule has 1 aliphatic rings. The second-order valence-electron chi connectivity index (χ2n) is 5.45. The first kappa shape index (κ1) is 19.2. The normalized spacial score (nSPS) is 17.7. The lowest BCUT2D eigenvalue weighted by Crippen LogP contribution is -2.46. The molecule has 2 rings (SSSR count). The first-order chi connectivity index (χ1) is 10.6. The van der Waals surface area contributed by atoms with E-state index in [2.05, 4.69) is 10.6 Å². The number of hydrogen-bond donors (Lipinski definition) is 2. The number of nitrogens with one attached hydrogen (secondary N) is 2. The van der Waals surface area contributed by atoms with Crippen LogP contribution in [0.15, 0.2) is 30.3 Å². The zero-order valence-corrected chi connectivity index (χ0v) is 14.4. The van der Waals surface area contributed by atoms with Crippen molar-refractivity contribution >= 4 is 30.3 Å². The highest BCUT2D eigenvalue weighted by molar-refractivity contribution is 5.94. The van der Waals surface area contributed by atoms with Crippen LogP contribution in [0.2, 0.25) is 0 Å². The topological polar surface area (TPSA) is 61.4 Å². The fourth-order valence-corrected chi connectivity index (χ4v) is 2.58. The molecule has 5 nitrogen and oxygen atoms in total. The fourth-order valence-electron chi connectivity index (χ4n) is 2.58. The van der Waals surface area contributed by atoms with Crippen LogP contribution in [0.5, 0.6) is 0 Å². The first-order valence-electron chi connectivity index (χ1n) is 7.60. The van der Waals surface area contributed by atoms with Gasteiger partial charge in [-0.25, -0.2) is 0 Å². The van der Waals surface area contributed by atoms with Crippen molar-refractivity contribution in [2.75, 3.05) is 27.2 Å². The Kier molecular flexibility index (Phi) is 7.78. The number of likely N-dealkylation sites (tertiary alicyclic amines) is 1. The summed E-state index contributed by atoms with van der Waals surface area (Å²) in [6.45, 7) is 1.58. The molecule has 0 aliphatic carbocycles. The molecular formula is C17H24ClN3O2. The molecule has 23 heavy (non-hydrogen) atoms. The molecule has 1 atom stereocenters. The third-order valence-electron chi connectivity index (χ3n) is 3.96. The van der Waals surface area contributed by atoms with Crippen molar-refractivity contribution in [1.82, 2.24) is 15.5 Å². The first-order valence-corrected chi connectivity index (χ1v) is 7.60. The summed E-state index contributed by atoms with van der Waals surface area (Å²) in [5.74, 6) is -0.0756. The fraction of sp³-hybridized carbons (Fsp3) is 0.412. The summed E-state index contributed by atoms with van der Waals surface area (Å²) in [7, 11) is 3.54. The number of rotatable bonds is 4. The Morgan fingerprint density at radius 1 is 1.22 bits per heavy atom. The van der Waals surface area contributed by atoms with Crippen LogP contribution >= 0.6 is 12.4 Å². The van der Waals surface area contributed by atoms with Gasteiger partial charge in [-0.3, -0.25) is 9.59 Å². The van der Waals surface area contributed by atoms with Gasteiger partial charge in [-0.2, -0.15) is 0 Å². The molecule has 1 aliphatic heterocycles. The van der Waals surface area contributed by atoms with Gasteiger partial charge in [0, 0.05) is 37.8 Å². The quantitative estimate of drug-likeness (QED) is 0.822. The van der Waals surface area contributed by atoms with Crippen LogP contribution in [-0.2, 0) is 4.79 Å². The minimum atomic E-state index is -0.113. The lowest BCUT2D eigenvalue weighted by molar-refractivity contribution is -0.127. The molecule has 0 aromatic heterocycles. The molecule has 1 heterocycles. The SMILES string of the molecule is CNC(=O)c1ccc(C=CC(=O)N2CCCC(NC)C2)cc1.Cl. The van der Waals surface area contributed by atoms with E-state index in [0.717, 1.165) is 31.5 Å². The number of carbonyl (C=O) groups is 2. The number of carbonyl (C=O) groups excluding carboxylic acids is 2. The third kappa shape index (κ3) is 5.37. The highest BCUT2D eigenvalue weighted by Gasteiger charge is 2.20. The van der Waals surface area contributed by atoms with Crippen molar-refractivity contribution in [1.29, 1.82) is 0 Å². The number of likely N-dealkylation sites (N-methyl/N-ethyl adjacent to an activating group) is 1. The van der Waals surface area contributed by atoms with Crippen LogP contribution in [0.3, 0.4) is 0 Å². The smallest absolute Gasteiger partial charge is 0.251 e. The van der Waals surface area contributed by atoms with Crippen LogP contribution in [-0.4, -0.2) is 49.9 Å². The lowest BCUT2D eigenvalue weighted by atomic mass is 10.1. The van der Waals surface area contributed by atoms with E-state index in [1.807, 2.05) is 24.1 Å². The van der Waals surface area contributed by atoms with E-state index in [9.17, 15) is 9.59 Å². The van der Waals surface area contributed by atoms with E-state index in [1.165, 1.54) is 0 Å². The molecule has 0 spiro atoms. The predicted octanol–water partition coefficient (Wildman–Crippen LogP) is 1.69. The molecule has 126 valence electrons. The minimum absolute atomic E-state index is 0. The van der Waals surface area contributed by atoms with Crippen molar-refractivity contribution in [3.8, 4) is 0 Å². The zero-order valence-electron chi connectivity index (χ0n) is 13.5. The van der Waals surface area contributed by atoms with Gasteiger partial charge >= 0.3 is 0 Å². The van der Waals surface area contributed by atoms with Crippen molar-refractivity contribution in [2.24, 2.45) is 0 Å². The standard InChI is InChI=1S/C17H23N3O2.ClH/c1-18-15-4-3-11-20(12-15)16(21)10-7-13-5-8-14(9-6-13)17(22)19-2;/h5-10,15,18H,3-4,11-12H2,1-2H3,(H,19,22);1H. The highest BCUT2D eigenvalue weighted by atomic mass is 35.5. The molecule has 6 heteroatoms. The Labute approximate surface area is 143 Å². The van der Waals surface area contributed by atoms with Crippen molar-refractivity contribution in [2.45, 2.75) is 18.9 Å². The Bertz CT molecular complexity index is 557. The van der Waals surface area contributed by atoms with E-state index in [-0.39, 0.29) is 24.2 Å². The summed E-state index contributed by atoms with van der Waals surface area (Å²) < 4.78 is 0. The third-order valence-corrected chi connectivity index (χ3v) is 3.96. The maximum atomic E-state index is 12.2. The largest absolute Gasteiger partial charge is 0.355 e. The molecule has 2 N–H and O–H groups in total. The summed E-state index contributed by atoms with van der Waals surface area (Å²) in [5.41, 5.74) is 1.52. The van der Waals surface area contributed by atoms with E-state index in [1.54, 1.807) is 31.3 Å². The maximum absolute atomic E-state index is 12.2. The van der Waals surface area contributed by atoms with Gasteiger partial charge in [-0.05, 0) is 43.7 Å². The Balaban J connectivity index is 0.00000264. The molecule has 1 aromatic carbocycles. The van der Waals surface area contributed by atoms with Gasteiger partial charge in [-0.1, -0.05) is 12.1 Å². The average Bonchev–Trinajstić information content (AvgIpc) is 2.59. The van der Waals surface area contributed by atoms with Gasteiger partial charge in [0.25, 0.3) is 5.91 Å². The Morgan fingerprint density at radius 3 is 2.52 bits per heavy atom. The molecule has 2 amide bonds. The van der Waals surface area contributed by atoms with Gasteiger partial charge in [0.15, 0.2) is 0 Å². The molecule has 1 fully saturated rings. The summed E-state index contributed by atoms with van der Waals surface area (Å²) >= 11 is 0. The van der Waals surface area contributed by atoms with Crippen LogP contribution in [0.4, 0.5) is 0 Å². The maximum Gasteiger partial charge on any atom is 0.251 e. The minimum Gasteiger partial charge on any atom is -0.355 e. The van der Waals surface area contributed by atoms with E-state index in [4.69, 9.17) is 0 Å². The Hall–Kier alpha value is -1.85. The highest BCUT2D eigenvalue weighted by Crippen LogP contribution is 2.11. The van der Waals surface area contributed by atoms with Crippen molar-refractivity contribution in [3.63, 3.8) is 0 Å². The second kappa shape index (κ2) is 9.33. The van der Waals surface area contributed by atoms with Crippen LogP contribution in [0.1, 0.15) is 28.8 Å². The monoisotopic (exact) mass is 337 g/mol. The number of halogens is 1. The van der Waals surface area contributed by atoms with E-state index >= 15 is 0 Å². The van der Waals surface area contributed by atoms with Crippen LogP contribution in [0, 0.1) is 0 Å². The molecule has 0 radical (unpaired) electrons. The van der Waals surface area contributed by atoms with Gasteiger partial charge in [0.2, 0.25) is 5.91 Å². The zero-order chi connectivity index (χ0) is 15.9. The van der Waals surface area contributed by atoms with E-state index < -0.39 is 0 Å². The summed E-state index contributed by atoms with van der Waals surface area (Å²) in [4.78, 5) is 25.5. The lowest BCUT2D eigenvalue weighted by Gasteiger charge is -2.31. The summed E-state index contributed by atoms with van der Waals surface area (Å²) in [5, 5.41) is 5.81. The van der Waals surface area contributed by atoms with Gasteiger partial charge in [0.1, 0.15) is 0 Å². The molecule has 1 saturated heterocycles. The Morgan fingerprint density at radius 2 is 1.91 bits per heavy atom. The predicted molar refractivity (Wildman–Crippen MR) is 94.8 cm³/mol. The van der Waals surface area contributed by atoms with E-state index in [0.29, 0.717) is 11.6 Å². The summed E-state index contributed by atoms with van der Waals surface area (Å²) in [6.07, 6.45) is 5.54. The molecule has 0 bridgehead atoms. The van der Waals surface area contributed by atoms with Gasteiger partial charge in [0.05, 0.1) is 0 Å². The number of piperidine rings is 1. The molecule has 0 saturated carbocycles. The van der Waals surface area contributed by atoms with Crippen LogP contribution in [0.25, 0.3) is 6.08 Å².